The fraction of sp³-hybridized carbons (Fsp3) is 0.182. The molecule has 0 saturated heterocycles. The van der Waals surface area contributed by atoms with Crippen molar-refractivity contribution in [3.8, 4) is 0 Å². The normalized spacial score (nSPS) is 11.3. The van der Waals surface area contributed by atoms with E-state index in [1.807, 2.05) is 0 Å². The molecule has 2 heterocycles. The van der Waals surface area contributed by atoms with Gasteiger partial charge in [-0.05, 0) is 12.3 Å². The van der Waals surface area contributed by atoms with Crippen LogP contribution in [0.25, 0.3) is 0 Å². The summed E-state index contributed by atoms with van der Waals surface area (Å²) in [4.78, 5) is 28.3. The maximum Gasteiger partial charge on any atom is 0.435 e. The Balaban J connectivity index is 2.32. The number of nitrogens with zero attached hydrogens (tertiary/aromatic N) is 3. The Kier molecular flexibility index (Phi) is 4.94. The third kappa shape index (κ3) is 3.73. The number of thioether (sulfide) groups is 1. The Morgan fingerprint density at radius 1 is 1.42 bits per heavy atom. The van der Waals surface area contributed by atoms with E-state index in [9.17, 15) is 28.1 Å². The van der Waals surface area contributed by atoms with Gasteiger partial charge < -0.3 is 11.1 Å². The highest BCUT2D eigenvalue weighted by molar-refractivity contribution is 8.00. The second kappa shape index (κ2) is 6.60. The second-order valence-electron chi connectivity index (χ2n) is 4.17. The zero-order chi connectivity index (χ0) is 18.1. The minimum absolute atomic E-state index is 0.0728. The number of hydrogen-bond acceptors (Lipinski definition) is 8. The van der Waals surface area contributed by atoms with Crippen LogP contribution in [0.5, 0.6) is 0 Å². The molecular weight excluding hydrogens is 371 g/mol. The number of nitrogens with one attached hydrogen (secondary N) is 1. The summed E-state index contributed by atoms with van der Waals surface area (Å²) in [6.45, 7) is 0. The number of amides is 1. The van der Waals surface area contributed by atoms with Gasteiger partial charge in [0.25, 0.3) is 5.91 Å². The molecule has 0 aliphatic heterocycles. The predicted molar refractivity (Wildman–Crippen MR) is 82.2 cm³/mol. The molecular formula is C11H8F3N5O3S2. The van der Waals surface area contributed by atoms with Crippen LogP contribution in [0, 0.1) is 10.1 Å². The van der Waals surface area contributed by atoms with E-state index < -0.39 is 39.1 Å². The number of pyridine rings is 1. The largest absolute Gasteiger partial charge is 0.435 e. The first-order valence-electron chi connectivity index (χ1n) is 5.97. The molecule has 0 spiro atoms. The van der Waals surface area contributed by atoms with Gasteiger partial charge in [-0.25, -0.2) is 9.97 Å². The van der Waals surface area contributed by atoms with Crippen LogP contribution in [0.1, 0.15) is 15.4 Å². The molecule has 0 unspecified atom stereocenters. The molecule has 3 N–H and O–H groups in total. The Bertz CT molecular complexity index is 809. The van der Waals surface area contributed by atoms with E-state index in [2.05, 4.69) is 15.3 Å². The van der Waals surface area contributed by atoms with Crippen molar-refractivity contribution >= 4 is 46.3 Å². The molecule has 0 fully saturated rings. The quantitative estimate of drug-likeness (QED) is 0.475. The van der Waals surface area contributed by atoms with Crippen molar-refractivity contribution in [3.63, 3.8) is 0 Å². The zero-order valence-electron chi connectivity index (χ0n) is 11.7. The Morgan fingerprint density at radius 3 is 2.58 bits per heavy atom. The van der Waals surface area contributed by atoms with Crippen LogP contribution in [-0.4, -0.2) is 27.1 Å². The van der Waals surface area contributed by atoms with Crippen LogP contribution in [0.2, 0.25) is 0 Å². The monoisotopic (exact) mass is 379 g/mol. The number of thiazole rings is 1. The van der Waals surface area contributed by atoms with Crippen molar-refractivity contribution in [2.24, 2.45) is 0 Å². The molecule has 2 rings (SSSR count). The smallest absolute Gasteiger partial charge is 0.378 e. The Morgan fingerprint density at radius 2 is 2.08 bits per heavy atom. The van der Waals surface area contributed by atoms with E-state index in [1.54, 1.807) is 0 Å². The maximum atomic E-state index is 12.9. The van der Waals surface area contributed by atoms with Gasteiger partial charge in [-0.1, -0.05) is 11.8 Å². The second-order valence-corrected chi connectivity index (χ2v) is 6.22. The Hall–Kier alpha value is -2.41. The third-order valence-corrected chi connectivity index (χ3v) is 4.64. The van der Waals surface area contributed by atoms with Crippen LogP contribution in [0.4, 0.5) is 30.5 Å². The molecule has 0 aliphatic carbocycles. The van der Waals surface area contributed by atoms with E-state index in [1.165, 1.54) is 6.26 Å². The van der Waals surface area contributed by atoms with Crippen LogP contribution in [0.3, 0.4) is 0 Å². The van der Waals surface area contributed by atoms with Crippen LogP contribution >= 0.6 is 23.1 Å². The molecule has 0 aliphatic rings. The number of nitro groups is 1. The molecule has 2 aromatic heterocycles. The minimum atomic E-state index is -4.79. The number of nitrogen functional groups attached to an aromatic ring is 1. The highest BCUT2D eigenvalue weighted by atomic mass is 32.2. The number of aromatic nitrogens is 2. The van der Waals surface area contributed by atoms with Crippen molar-refractivity contribution in [1.82, 2.24) is 9.97 Å². The van der Waals surface area contributed by atoms with E-state index >= 15 is 0 Å². The average Bonchev–Trinajstić information content (AvgIpc) is 2.91. The fourth-order valence-electron chi connectivity index (χ4n) is 1.60. The molecule has 24 heavy (non-hydrogen) atoms. The Labute approximate surface area is 140 Å². The fourth-order valence-corrected chi connectivity index (χ4v) is 3.08. The number of rotatable bonds is 4. The summed E-state index contributed by atoms with van der Waals surface area (Å²) in [5.41, 5.74) is 3.58. The SMILES string of the molecule is CSc1nc(C(F)(F)F)c(C(=O)Nc2ccc([N+](=O)[O-])c(N)n2)s1. The van der Waals surface area contributed by atoms with Gasteiger partial charge in [0.1, 0.15) is 10.7 Å². The number of nitrogens with two attached hydrogens (primary N) is 1. The van der Waals surface area contributed by atoms with Gasteiger partial charge in [-0.2, -0.15) is 13.2 Å². The molecule has 0 atom stereocenters. The first-order chi connectivity index (χ1) is 11.1. The van der Waals surface area contributed by atoms with Gasteiger partial charge in [0.2, 0.25) is 5.82 Å². The van der Waals surface area contributed by atoms with Crippen LogP contribution in [-0.2, 0) is 6.18 Å². The predicted octanol–water partition coefficient (Wildman–Crippen LogP) is 3.02. The summed E-state index contributed by atoms with van der Waals surface area (Å²) >= 11 is 1.55. The lowest BCUT2D eigenvalue weighted by Crippen LogP contribution is -2.18. The number of hydrogen-bond donors (Lipinski definition) is 2. The topological polar surface area (TPSA) is 124 Å². The third-order valence-electron chi connectivity index (χ3n) is 2.60. The van der Waals surface area contributed by atoms with Crippen LogP contribution in [0.15, 0.2) is 16.5 Å². The number of carbonyl (C=O) groups is 1. The highest BCUT2D eigenvalue weighted by Gasteiger charge is 2.39. The van der Waals surface area contributed by atoms with E-state index in [4.69, 9.17) is 5.73 Å². The van der Waals surface area contributed by atoms with Crippen molar-refractivity contribution in [2.45, 2.75) is 10.5 Å². The molecule has 8 nitrogen and oxygen atoms in total. The first kappa shape index (κ1) is 17.9. The van der Waals surface area contributed by atoms with Crippen molar-refractivity contribution in [3.05, 3.63) is 32.8 Å². The summed E-state index contributed by atoms with van der Waals surface area (Å²) in [5, 5.41) is 12.8. The van der Waals surface area contributed by atoms with Gasteiger partial charge in [-0.3, -0.25) is 14.9 Å². The molecule has 0 aromatic carbocycles. The lowest BCUT2D eigenvalue weighted by atomic mass is 10.3. The first-order valence-corrected chi connectivity index (χ1v) is 8.02. The molecule has 0 bridgehead atoms. The van der Waals surface area contributed by atoms with Crippen molar-refractivity contribution in [2.75, 3.05) is 17.3 Å². The zero-order valence-corrected chi connectivity index (χ0v) is 13.4. The molecule has 0 saturated carbocycles. The van der Waals surface area contributed by atoms with E-state index in [0.29, 0.717) is 11.3 Å². The standard InChI is InChI=1S/C11H8F3N5O3S2/c1-23-10-18-7(11(12,13)14)6(24-10)9(20)17-5-3-2-4(19(21)22)8(15)16-5/h2-3H,1H3,(H3,15,16,17,20). The van der Waals surface area contributed by atoms with Gasteiger partial charge >= 0.3 is 11.9 Å². The van der Waals surface area contributed by atoms with Gasteiger partial charge in [0, 0.05) is 6.07 Å². The summed E-state index contributed by atoms with van der Waals surface area (Å²) < 4.78 is 38.9. The minimum Gasteiger partial charge on any atom is -0.378 e. The van der Waals surface area contributed by atoms with E-state index in [-0.39, 0.29) is 10.2 Å². The molecule has 128 valence electrons. The molecule has 1 amide bonds. The molecule has 0 radical (unpaired) electrons. The number of alkyl halides is 3. The van der Waals surface area contributed by atoms with E-state index in [0.717, 1.165) is 23.9 Å². The van der Waals surface area contributed by atoms with Gasteiger partial charge in [0.15, 0.2) is 10.0 Å². The maximum absolute atomic E-state index is 12.9. The van der Waals surface area contributed by atoms with Crippen molar-refractivity contribution < 1.29 is 22.9 Å². The number of halogens is 3. The van der Waals surface area contributed by atoms with Gasteiger partial charge in [-0.15, -0.1) is 11.3 Å². The number of carbonyl (C=O) groups excluding carboxylic acids is 1. The average molecular weight is 379 g/mol. The van der Waals surface area contributed by atoms with Crippen molar-refractivity contribution in [1.29, 1.82) is 0 Å². The summed E-state index contributed by atoms with van der Waals surface area (Å²) in [7, 11) is 0. The summed E-state index contributed by atoms with van der Waals surface area (Å²) in [6.07, 6.45) is -3.27. The highest BCUT2D eigenvalue weighted by Crippen LogP contribution is 2.37. The molecule has 2 aromatic rings. The lowest BCUT2D eigenvalue weighted by Gasteiger charge is -2.07. The number of anilines is 2. The molecule has 13 heteroatoms. The van der Waals surface area contributed by atoms with Gasteiger partial charge in [0.05, 0.1) is 4.92 Å². The lowest BCUT2D eigenvalue weighted by molar-refractivity contribution is -0.384. The van der Waals surface area contributed by atoms with Crippen LogP contribution < -0.4 is 11.1 Å². The summed E-state index contributed by atoms with van der Waals surface area (Å²) in [6, 6.07) is 2.05. The summed E-state index contributed by atoms with van der Waals surface area (Å²) in [5.74, 6) is -1.76.